The number of hydrogen-bond acceptors (Lipinski definition) is 2. The van der Waals surface area contributed by atoms with Gasteiger partial charge in [0.25, 0.3) is 0 Å². The van der Waals surface area contributed by atoms with Crippen LogP contribution in [0.1, 0.15) is 12.1 Å². The molecule has 0 saturated carbocycles. The maximum atomic E-state index is 11.2. The summed E-state index contributed by atoms with van der Waals surface area (Å²) in [4.78, 5) is 15.4. The van der Waals surface area contributed by atoms with Crippen LogP contribution in [0, 0.1) is 5.92 Å². The van der Waals surface area contributed by atoms with Crippen molar-refractivity contribution in [3.8, 4) is 0 Å². The first-order valence-corrected chi connectivity index (χ1v) is 4.54. The average molecular weight is 176 g/mol. The first-order chi connectivity index (χ1) is 6.36. The van der Waals surface area contributed by atoms with E-state index in [2.05, 4.69) is 10.3 Å². The van der Waals surface area contributed by atoms with Crippen LogP contribution in [0.2, 0.25) is 0 Å². The van der Waals surface area contributed by atoms with Gasteiger partial charge in [0, 0.05) is 30.8 Å². The highest BCUT2D eigenvalue weighted by atomic mass is 16.2. The topological polar surface area (TPSA) is 42.0 Å². The monoisotopic (exact) mass is 176 g/mol. The fourth-order valence-corrected chi connectivity index (χ4v) is 1.61. The van der Waals surface area contributed by atoms with E-state index in [0.29, 0.717) is 0 Å². The molecule has 1 aliphatic rings. The van der Waals surface area contributed by atoms with Gasteiger partial charge >= 0.3 is 0 Å². The quantitative estimate of drug-likeness (QED) is 0.722. The molecule has 2 heterocycles. The van der Waals surface area contributed by atoms with E-state index >= 15 is 0 Å². The molecule has 0 spiro atoms. The molecule has 1 unspecified atom stereocenters. The van der Waals surface area contributed by atoms with Crippen LogP contribution < -0.4 is 5.32 Å². The van der Waals surface area contributed by atoms with E-state index in [4.69, 9.17) is 0 Å². The van der Waals surface area contributed by atoms with E-state index in [1.807, 2.05) is 18.2 Å². The van der Waals surface area contributed by atoms with Crippen molar-refractivity contribution in [3.05, 3.63) is 30.1 Å². The zero-order valence-electron chi connectivity index (χ0n) is 7.36. The minimum absolute atomic E-state index is 0.134. The lowest BCUT2D eigenvalue weighted by molar-refractivity contribution is -0.122. The average Bonchev–Trinajstić information content (AvgIpc) is 2.54. The van der Waals surface area contributed by atoms with Gasteiger partial charge in [0.15, 0.2) is 0 Å². The fraction of sp³-hybridized carbons (Fsp3) is 0.400. The molecule has 2 rings (SSSR count). The molecule has 0 radical (unpaired) electrons. The van der Waals surface area contributed by atoms with E-state index in [1.54, 1.807) is 6.20 Å². The van der Waals surface area contributed by atoms with E-state index in [-0.39, 0.29) is 11.8 Å². The molecule has 1 aromatic rings. The van der Waals surface area contributed by atoms with Gasteiger partial charge in [-0.3, -0.25) is 9.78 Å². The zero-order chi connectivity index (χ0) is 9.10. The van der Waals surface area contributed by atoms with E-state index in [1.165, 1.54) is 0 Å². The van der Waals surface area contributed by atoms with Crippen LogP contribution in [0.15, 0.2) is 24.4 Å². The number of amides is 1. The summed E-state index contributed by atoms with van der Waals surface area (Å²) < 4.78 is 0. The molecule has 1 saturated heterocycles. The maximum absolute atomic E-state index is 11.2. The third kappa shape index (κ3) is 1.86. The predicted molar refractivity (Wildman–Crippen MR) is 49.1 cm³/mol. The number of nitrogens with one attached hydrogen (secondary N) is 1. The second kappa shape index (κ2) is 3.56. The largest absolute Gasteiger partial charge is 0.356 e. The fourth-order valence-electron chi connectivity index (χ4n) is 1.61. The third-order valence-electron chi connectivity index (χ3n) is 2.34. The standard InChI is InChI=1S/C10H12N2O/c13-10-8(4-6-12-10)7-9-3-1-2-5-11-9/h1-3,5,8H,4,6-7H2,(H,12,13). The highest BCUT2D eigenvalue weighted by Crippen LogP contribution is 2.14. The van der Waals surface area contributed by atoms with Crippen molar-refractivity contribution in [2.24, 2.45) is 5.92 Å². The Bertz CT molecular complexity index is 297. The van der Waals surface area contributed by atoms with Gasteiger partial charge in [-0.15, -0.1) is 0 Å². The minimum Gasteiger partial charge on any atom is -0.356 e. The number of aromatic nitrogens is 1. The van der Waals surface area contributed by atoms with Gasteiger partial charge < -0.3 is 5.32 Å². The van der Waals surface area contributed by atoms with Gasteiger partial charge in [0.1, 0.15) is 0 Å². The highest BCUT2D eigenvalue weighted by Gasteiger charge is 2.24. The molecule has 1 aromatic heterocycles. The van der Waals surface area contributed by atoms with E-state index < -0.39 is 0 Å². The van der Waals surface area contributed by atoms with Gasteiger partial charge in [-0.05, 0) is 18.6 Å². The molecule has 0 aliphatic carbocycles. The van der Waals surface area contributed by atoms with Crippen molar-refractivity contribution >= 4 is 5.91 Å². The molecule has 1 amide bonds. The third-order valence-corrected chi connectivity index (χ3v) is 2.34. The molecule has 0 aromatic carbocycles. The lowest BCUT2D eigenvalue weighted by Crippen LogP contribution is -2.20. The molecule has 1 atom stereocenters. The zero-order valence-corrected chi connectivity index (χ0v) is 7.36. The second-order valence-electron chi connectivity index (χ2n) is 3.30. The van der Waals surface area contributed by atoms with Crippen molar-refractivity contribution in [2.45, 2.75) is 12.8 Å². The number of carbonyl (C=O) groups is 1. The summed E-state index contributed by atoms with van der Waals surface area (Å²) >= 11 is 0. The Morgan fingerprint density at radius 2 is 2.46 bits per heavy atom. The Morgan fingerprint density at radius 3 is 3.08 bits per heavy atom. The molecule has 3 nitrogen and oxygen atoms in total. The first kappa shape index (κ1) is 8.23. The molecular formula is C10H12N2O. The number of carbonyl (C=O) groups excluding carboxylic acids is 1. The molecule has 13 heavy (non-hydrogen) atoms. The van der Waals surface area contributed by atoms with Crippen LogP contribution >= 0.6 is 0 Å². The molecule has 1 fully saturated rings. The molecular weight excluding hydrogens is 164 g/mol. The smallest absolute Gasteiger partial charge is 0.223 e. The summed E-state index contributed by atoms with van der Waals surface area (Å²) in [5.74, 6) is 0.306. The van der Waals surface area contributed by atoms with Crippen molar-refractivity contribution < 1.29 is 4.79 Å². The normalized spacial score (nSPS) is 21.5. The van der Waals surface area contributed by atoms with Crippen LogP contribution in [0.5, 0.6) is 0 Å². The van der Waals surface area contributed by atoms with Crippen molar-refractivity contribution in [3.63, 3.8) is 0 Å². The van der Waals surface area contributed by atoms with Crippen LogP contribution in [-0.4, -0.2) is 17.4 Å². The summed E-state index contributed by atoms with van der Waals surface area (Å²) in [6, 6.07) is 5.80. The predicted octanol–water partition coefficient (Wildman–Crippen LogP) is 0.760. The van der Waals surface area contributed by atoms with Gasteiger partial charge in [0.05, 0.1) is 0 Å². The van der Waals surface area contributed by atoms with Crippen LogP contribution in [0.3, 0.4) is 0 Å². The van der Waals surface area contributed by atoms with Gasteiger partial charge in [-0.2, -0.15) is 0 Å². The minimum atomic E-state index is 0.134. The number of hydrogen-bond donors (Lipinski definition) is 1. The van der Waals surface area contributed by atoms with Crippen LogP contribution in [0.4, 0.5) is 0 Å². The Hall–Kier alpha value is -1.38. The Labute approximate surface area is 77.2 Å². The second-order valence-corrected chi connectivity index (χ2v) is 3.30. The molecule has 3 heteroatoms. The molecule has 1 aliphatic heterocycles. The van der Waals surface area contributed by atoms with Gasteiger partial charge in [0.2, 0.25) is 5.91 Å². The van der Waals surface area contributed by atoms with Gasteiger partial charge in [-0.25, -0.2) is 0 Å². The van der Waals surface area contributed by atoms with Crippen LogP contribution in [-0.2, 0) is 11.2 Å². The lowest BCUT2D eigenvalue weighted by Gasteiger charge is -2.04. The van der Waals surface area contributed by atoms with E-state index in [0.717, 1.165) is 25.1 Å². The van der Waals surface area contributed by atoms with Crippen molar-refractivity contribution in [1.82, 2.24) is 10.3 Å². The summed E-state index contributed by atoms with van der Waals surface area (Å²) in [7, 11) is 0. The highest BCUT2D eigenvalue weighted by molar-refractivity contribution is 5.80. The first-order valence-electron chi connectivity index (χ1n) is 4.54. The summed E-state index contributed by atoms with van der Waals surface area (Å²) in [5, 5.41) is 2.82. The summed E-state index contributed by atoms with van der Waals surface area (Å²) in [6.45, 7) is 0.816. The SMILES string of the molecule is O=C1NCCC1Cc1ccccn1. The molecule has 0 bridgehead atoms. The summed E-state index contributed by atoms with van der Waals surface area (Å²) in [6.07, 6.45) is 3.48. The van der Waals surface area contributed by atoms with Crippen LogP contribution in [0.25, 0.3) is 0 Å². The number of rotatable bonds is 2. The van der Waals surface area contributed by atoms with Crippen molar-refractivity contribution in [2.75, 3.05) is 6.54 Å². The van der Waals surface area contributed by atoms with Gasteiger partial charge in [-0.1, -0.05) is 6.07 Å². The maximum Gasteiger partial charge on any atom is 0.223 e. The summed E-state index contributed by atoms with van der Waals surface area (Å²) in [5.41, 5.74) is 1.00. The number of nitrogens with zero attached hydrogens (tertiary/aromatic N) is 1. The lowest BCUT2D eigenvalue weighted by atomic mass is 10.0. The van der Waals surface area contributed by atoms with E-state index in [9.17, 15) is 4.79 Å². The Balaban J connectivity index is 2.02. The number of pyridine rings is 1. The Morgan fingerprint density at radius 1 is 1.54 bits per heavy atom. The Kier molecular flexibility index (Phi) is 2.25. The van der Waals surface area contributed by atoms with Crippen molar-refractivity contribution in [1.29, 1.82) is 0 Å². The molecule has 1 N–H and O–H groups in total. The molecule has 68 valence electrons.